The molecular weight excluding hydrogens is 270 g/mol. The Balaban J connectivity index is 2.16. The average Bonchev–Trinajstić information content (AvgIpc) is 2.45. The van der Waals surface area contributed by atoms with Crippen LogP contribution in [0, 0.1) is 17.6 Å². The molecule has 1 heterocycles. The van der Waals surface area contributed by atoms with Gasteiger partial charge in [0.2, 0.25) is 0 Å². The Morgan fingerprint density at radius 3 is 2.43 bits per heavy atom. The van der Waals surface area contributed by atoms with Gasteiger partial charge >= 0.3 is 0 Å². The van der Waals surface area contributed by atoms with Gasteiger partial charge in [-0.25, -0.2) is 8.78 Å². The fraction of sp³-hybridized carbons (Fsp3) is 0.647. The summed E-state index contributed by atoms with van der Waals surface area (Å²) in [5.74, 6) is -0.344. The summed E-state index contributed by atoms with van der Waals surface area (Å²) in [6.07, 6.45) is 2.36. The molecule has 0 radical (unpaired) electrons. The van der Waals surface area contributed by atoms with Crippen LogP contribution in [0.4, 0.5) is 8.78 Å². The lowest BCUT2D eigenvalue weighted by Gasteiger charge is -2.37. The predicted octanol–water partition coefficient (Wildman–Crippen LogP) is 3.74. The molecule has 0 aliphatic carbocycles. The molecular formula is C17H26F2N2. The SMILES string of the molecule is CC(C)N(CC1CCCNC1)C(C)c1c(F)cccc1F. The molecule has 2 unspecified atom stereocenters. The van der Waals surface area contributed by atoms with Crippen LogP contribution < -0.4 is 5.32 Å². The van der Waals surface area contributed by atoms with Crippen molar-refractivity contribution in [2.45, 2.75) is 45.7 Å². The van der Waals surface area contributed by atoms with Crippen LogP contribution >= 0.6 is 0 Å². The maximum atomic E-state index is 14.0. The van der Waals surface area contributed by atoms with Crippen molar-refractivity contribution in [2.24, 2.45) is 5.92 Å². The van der Waals surface area contributed by atoms with Crippen LogP contribution in [0.1, 0.15) is 45.2 Å². The standard InChI is InChI=1S/C17H26F2N2/c1-12(2)21(11-14-6-5-9-20-10-14)13(3)17-15(18)7-4-8-16(17)19/h4,7-8,12-14,20H,5-6,9-11H2,1-3H3. The van der Waals surface area contributed by atoms with Crippen molar-refractivity contribution in [1.82, 2.24) is 10.2 Å². The summed E-state index contributed by atoms with van der Waals surface area (Å²) in [6.45, 7) is 9.03. The second-order valence-electron chi connectivity index (χ2n) is 6.31. The second-order valence-corrected chi connectivity index (χ2v) is 6.31. The number of hydrogen-bond acceptors (Lipinski definition) is 2. The molecule has 0 bridgehead atoms. The van der Waals surface area contributed by atoms with E-state index in [-0.39, 0.29) is 17.6 Å². The van der Waals surface area contributed by atoms with Crippen molar-refractivity contribution in [2.75, 3.05) is 19.6 Å². The molecule has 1 saturated heterocycles. The Labute approximate surface area is 126 Å². The molecule has 21 heavy (non-hydrogen) atoms. The van der Waals surface area contributed by atoms with E-state index in [0.29, 0.717) is 5.92 Å². The zero-order valence-corrected chi connectivity index (χ0v) is 13.2. The van der Waals surface area contributed by atoms with Gasteiger partial charge in [-0.15, -0.1) is 0 Å². The van der Waals surface area contributed by atoms with Gasteiger partial charge in [-0.1, -0.05) is 6.07 Å². The average molecular weight is 296 g/mol. The minimum Gasteiger partial charge on any atom is -0.316 e. The maximum Gasteiger partial charge on any atom is 0.130 e. The number of benzene rings is 1. The molecule has 1 aromatic carbocycles. The van der Waals surface area contributed by atoms with Crippen molar-refractivity contribution in [1.29, 1.82) is 0 Å². The Bertz CT molecular complexity index is 436. The Hall–Kier alpha value is -1.00. The van der Waals surface area contributed by atoms with Crippen molar-refractivity contribution in [3.63, 3.8) is 0 Å². The largest absolute Gasteiger partial charge is 0.316 e. The summed E-state index contributed by atoms with van der Waals surface area (Å²) in [5, 5.41) is 3.41. The van der Waals surface area contributed by atoms with E-state index in [9.17, 15) is 8.78 Å². The monoisotopic (exact) mass is 296 g/mol. The number of rotatable bonds is 5. The molecule has 4 heteroatoms. The molecule has 1 aliphatic heterocycles. The molecule has 0 saturated carbocycles. The molecule has 2 nitrogen and oxygen atoms in total. The van der Waals surface area contributed by atoms with Crippen molar-refractivity contribution >= 4 is 0 Å². The minimum atomic E-state index is -0.449. The van der Waals surface area contributed by atoms with E-state index in [4.69, 9.17) is 0 Å². The first-order valence-electron chi connectivity index (χ1n) is 7.91. The van der Waals surface area contributed by atoms with E-state index in [1.54, 1.807) is 0 Å². The van der Waals surface area contributed by atoms with E-state index in [1.165, 1.54) is 31.0 Å². The van der Waals surface area contributed by atoms with Crippen LogP contribution in [-0.2, 0) is 0 Å². The highest BCUT2D eigenvalue weighted by Crippen LogP contribution is 2.29. The zero-order valence-electron chi connectivity index (χ0n) is 13.2. The normalized spacial score (nSPS) is 21.0. The van der Waals surface area contributed by atoms with Crippen molar-refractivity contribution < 1.29 is 8.78 Å². The first kappa shape index (κ1) is 16.4. The van der Waals surface area contributed by atoms with Crippen LogP contribution in [-0.4, -0.2) is 30.6 Å². The lowest BCUT2D eigenvalue weighted by molar-refractivity contribution is 0.122. The van der Waals surface area contributed by atoms with E-state index in [0.717, 1.165) is 19.6 Å². The number of halogens is 2. The highest BCUT2D eigenvalue weighted by molar-refractivity contribution is 5.23. The van der Waals surface area contributed by atoms with E-state index >= 15 is 0 Å². The molecule has 2 atom stereocenters. The third-order valence-electron chi connectivity index (χ3n) is 4.45. The zero-order chi connectivity index (χ0) is 15.4. The lowest BCUT2D eigenvalue weighted by Crippen LogP contribution is -2.42. The summed E-state index contributed by atoms with van der Waals surface area (Å²) in [6, 6.07) is 4.10. The van der Waals surface area contributed by atoms with Gasteiger partial charge in [0, 0.05) is 24.2 Å². The molecule has 1 N–H and O–H groups in total. The Kier molecular flexibility index (Phi) is 5.71. The van der Waals surface area contributed by atoms with Crippen molar-refractivity contribution in [3.8, 4) is 0 Å². The van der Waals surface area contributed by atoms with Gasteiger partial charge in [-0.3, -0.25) is 4.90 Å². The summed E-state index contributed by atoms with van der Waals surface area (Å²) in [4.78, 5) is 2.21. The number of piperidine rings is 1. The van der Waals surface area contributed by atoms with Gasteiger partial charge < -0.3 is 5.32 Å². The van der Waals surface area contributed by atoms with E-state index in [1.807, 2.05) is 6.92 Å². The fourth-order valence-electron chi connectivity index (χ4n) is 3.27. The second kappa shape index (κ2) is 7.32. The van der Waals surface area contributed by atoms with Crippen molar-refractivity contribution in [3.05, 3.63) is 35.4 Å². The maximum absolute atomic E-state index is 14.0. The third kappa shape index (κ3) is 4.01. The fourth-order valence-corrected chi connectivity index (χ4v) is 3.27. The first-order chi connectivity index (χ1) is 10.0. The molecule has 1 fully saturated rings. The summed E-state index contributed by atoms with van der Waals surface area (Å²) in [5.41, 5.74) is 0.190. The summed E-state index contributed by atoms with van der Waals surface area (Å²) < 4.78 is 28.0. The number of nitrogens with zero attached hydrogens (tertiary/aromatic N) is 1. The predicted molar refractivity (Wildman–Crippen MR) is 82.2 cm³/mol. The molecule has 0 aromatic heterocycles. The molecule has 1 aromatic rings. The quantitative estimate of drug-likeness (QED) is 0.890. The smallest absolute Gasteiger partial charge is 0.130 e. The van der Waals surface area contributed by atoms with Crippen LogP contribution in [0.5, 0.6) is 0 Å². The highest BCUT2D eigenvalue weighted by atomic mass is 19.1. The Morgan fingerprint density at radius 1 is 1.24 bits per heavy atom. The summed E-state index contributed by atoms with van der Waals surface area (Å²) >= 11 is 0. The molecule has 0 spiro atoms. The number of nitrogens with one attached hydrogen (secondary N) is 1. The van der Waals surface area contributed by atoms with Gasteiger partial charge in [-0.2, -0.15) is 0 Å². The first-order valence-corrected chi connectivity index (χ1v) is 7.91. The van der Waals surface area contributed by atoms with Gasteiger partial charge in [0.05, 0.1) is 0 Å². The minimum absolute atomic E-state index is 0.190. The van der Waals surface area contributed by atoms with Crippen LogP contribution in [0.3, 0.4) is 0 Å². The van der Waals surface area contributed by atoms with Gasteiger partial charge in [0.25, 0.3) is 0 Å². The Morgan fingerprint density at radius 2 is 1.90 bits per heavy atom. The summed E-state index contributed by atoms with van der Waals surface area (Å²) in [7, 11) is 0. The number of hydrogen-bond donors (Lipinski definition) is 1. The topological polar surface area (TPSA) is 15.3 Å². The van der Waals surface area contributed by atoms with Gasteiger partial charge in [0.1, 0.15) is 11.6 Å². The van der Waals surface area contributed by atoms with Crippen LogP contribution in [0.15, 0.2) is 18.2 Å². The highest BCUT2D eigenvalue weighted by Gasteiger charge is 2.27. The van der Waals surface area contributed by atoms with Gasteiger partial charge in [-0.05, 0) is 64.8 Å². The van der Waals surface area contributed by atoms with Crippen LogP contribution in [0.25, 0.3) is 0 Å². The third-order valence-corrected chi connectivity index (χ3v) is 4.45. The van der Waals surface area contributed by atoms with Crippen LogP contribution in [0.2, 0.25) is 0 Å². The van der Waals surface area contributed by atoms with Gasteiger partial charge in [0.15, 0.2) is 0 Å². The van der Waals surface area contributed by atoms with E-state index < -0.39 is 11.6 Å². The lowest BCUT2D eigenvalue weighted by atomic mass is 9.96. The molecule has 0 amide bonds. The molecule has 2 rings (SSSR count). The van der Waals surface area contributed by atoms with E-state index in [2.05, 4.69) is 24.1 Å². The molecule has 118 valence electrons. The molecule has 1 aliphatic rings.